The molecule has 5 nitrogen and oxygen atoms in total. The highest BCUT2D eigenvalue weighted by atomic mass is 32.2. The van der Waals surface area contributed by atoms with Crippen LogP contribution in [0.25, 0.3) is 11.1 Å². The maximum atomic E-state index is 14.3. The average Bonchev–Trinajstić information content (AvgIpc) is 3.04. The van der Waals surface area contributed by atoms with Gasteiger partial charge in [0.1, 0.15) is 5.75 Å². The summed E-state index contributed by atoms with van der Waals surface area (Å²) in [6.45, 7) is 0.300. The highest BCUT2D eigenvalue weighted by Crippen LogP contribution is 2.43. The lowest BCUT2D eigenvalue weighted by molar-refractivity contribution is 0.194. The minimum atomic E-state index is -1.06. The first-order valence-corrected chi connectivity index (χ1v) is 9.72. The number of ether oxygens (including phenoxy) is 1. The number of hydrogen-bond donors (Lipinski definition) is 2. The first-order chi connectivity index (χ1) is 13.1. The number of nitrogens with one attached hydrogen (secondary N) is 1. The summed E-state index contributed by atoms with van der Waals surface area (Å²) in [5, 5.41) is 11.1. The number of nitrogens with zero attached hydrogens (tertiary/aromatic N) is 1. The van der Waals surface area contributed by atoms with Crippen molar-refractivity contribution in [2.75, 3.05) is 13.7 Å². The molecule has 1 aromatic carbocycles. The van der Waals surface area contributed by atoms with Crippen molar-refractivity contribution in [1.29, 1.82) is 0 Å². The van der Waals surface area contributed by atoms with Crippen LogP contribution in [-0.2, 0) is 6.42 Å². The Morgan fingerprint density at radius 1 is 1.30 bits per heavy atom. The number of halogens is 1. The summed E-state index contributed by atoms with van der Waals surface area (Å²) < 4.78 is 20.4. The van der Waals surface area contributed by atoms with Gasteiger partial charge in [-0.05, 0) is 42.8 Å². The number of amides is 1. The van der Waals surface area contributed by atoms with E-state index >= 15 is 0 Å². The van der Waals surface area contributed by atoms with E-state index in [0.717, 1.165) is 25.3 Å². The highest BCUT2D eigenvalue weighted by molar-refractivity contribution is 8.01. The lowest BCUT2D eigenvalue weighted by Gasteiger charge is -2.06. The van der Waals surface area contributed by atoms with Gasteiger partial charge in [0.15, 0.2) is 0 Å². The summed E-state index contributed by atoms with van der Waals surface area (Å²) in [7, 11) is 1.61. The van der Waals surface area contributed by atoms with E-state index in [1.54, 1.807) is 19.2 Å². The molecule has 0 aliphatic rings. The van der Waals surface area contributed by atoms with Crippen LogP contribution in [-0.4, -0.2) is 29.8 Å². The molecule has 1 amide bonds. The summed E-state index contributed by atoms with van der Waals surface area (Å²) in [5.74, 6) is 0.217. The van der Waals surface area contributed by atoms with Crippen LogP contribution in [0.15, 0.2) is 57.8 Å². The third kappa shape index (κ3) is 4.99. The SMILES string of the molecule is COc1cccc(Sc2sc(CCNC(=O)O)cc2-c2cccnc2F)c1. The van der Waals surface area contributed by atoms with E-state index in [2.05, 4.69) is 10.3 Å². The monoisotopic (exact) mass is 404 g/mol. The summed E-state index contributed by atoms with van der Waals surface area (Å²) in [5.41, 5.74) is 1.18. The van der Waals surface area contributed by atoms with E-state index in [4.69, 9.17) is 9.84 Å². The fraction of sp³-hybridized carbons (Fsp3) is 0.158. The number of aromatic nitrogens is 1. The molecule has 0 radical (unpaired) electrons. The molecule has 2 heterocycles. The van der Waals surface area contributed by atoms with Crippen molar-refractivity contribution in [2.24, 2.45) is 0 Å². The molecular weight excluding hydrogens is 387 g/mol. The van der Waals surface area contributed by atoms with Crippen LogP contribution in [0.2, 0.25) is 0 Å². The van der Waals surface area contributed by atoms with E-state index in [1.165, 1.54) is 29.3 Å². The van der Waals surface area contributed by atoms with E-state index < -0.39 is 12.0 Å². The van der Waals surface area contributed by atoms with Crippen molar-refractivity contribution in [2.45, 2.75) is 15.5 Å². The number of carboxylic acid groups (broad SMARTS) is 1. The van der Waals surface area contributed by atoms with E-state index in [-0.39, 0.29) is 0 Å². The van der Waals surface area contributed by atoms with E-state index in [9.17, 15) is 9.18 Å². The zero-order valence-corrected chi connectivity index (χ0v) is 16.1. The van der Waals surface area contributed by atoms with Gasteiger partial charge < -0.3 is 15.2 Å². The number of hydrogen-bond acceptors (Lipinski definition) is 5. The summed E-state index contributed by atoms with van der Waals surface area (Å²) in [6.07, 6.45) is 0.888. The minimum Gasteiger partial charge on any atom is -0.497 e. The third-order valence-corrected chi connectivity index (χ3v) is 6.08. The van der Waals surface area contributed by atoms with Gasteiger partial charge in [-0.2, -0.15) is 4.39 Å². The van der Waals surface area contributed by atoms with Gasteiger partial charge in [-0.1, -0.05) is 17.8 Å². The minimum absolute atomic E-state index is 0.300. The molecule has 3 rings (SSSR count). The second-order valence-corrected chi connectivity index (χ2v) is 8.00. The molecule has 0 aliphatic heterocycles. The largest absolute Gasteiger partial charge is 0.497 e. The smallest absolute Gasteiger partial charge is 0.404 e. The number of thiophene rings is 1. The van der Waals surface area contributed by atoms with Crippen LogP contribution in [0.4, 0.5) is 9.18 Å². The Kier molecular flexibility index (Phi) is 6.31. The molecule has 0 saturated heterocycles. The molecule has 0 saturated carbocycles. The van der Waals surface area contributed by atoms with Crippen molar-refractivity contribution in [1.82, 2.24) is 10.3 Å². The molecule has 0 fully saturated rings. The Labute approximate surface area is 164 Å². The first-order valence-electron chi connectivity index (χ1n) is 8.09. The fourth-order valence-corrected chi connectivity index (χ4v) is 4.95. The molecule has 0 atom stereocenters. The van der Waals surface area contributed by atoms with Crippen LogP contribution < -0.4 is 10.1 Å². The Morgan fingerprint density at radius 3 is 2.89 bits per heavy atom. The van der Waals surface area contributed by atoms with Gasteiger partial charge in [0.2, 0.25) is 5.95 Å². The lowest BCUT2D eigenvalue weighted by atomic mass is 10.1. The zero-order chi connectivity index (χ0) is 19.2. The van der Waals surface area contributed by atoms with Crippen LogP contribution >= 0.6 is 23.1 Å². The third-order valence-electron chi connectivity index (χ3n) is 3.70. The fourth-order valence-electron chi connectivity index (χ4n) is 2.46. The Morgan fingerprint density at radius 2 is 2.15 bits per heavy atom. The van der Waals surface area contributed by atoms with Crippen molar-refractivity contribution < 1.29 is 19.0 Å². The molecular formula is C19H17FN2O3S2. The summed E-state index contributed by atoms with van der Waals surface area (Å²) in [6, 6.07) is 12.9. The van der Waals surface area contributed by atoms with Crippen LogP contribution in [0.3, 0.4) is 0 Å². The average molecular weight is 404 g/mol. The molecule has 0 aliphatic carbocycles. The molecule has 140 valence electrons. The van der Waals surface area contributed by atoms with Crippen molar-refractivity contribution in [3.63, 3.8) is 0 Å². The van der Waals surface area contributed by atoms with Gasteiger partial charge in [-0.25, -0.2) is 9.78 Å². The van der Waals surface area contributed by atoms with Gasteiger partial charge in [-0.15, -0.1) is 11.3 Å². The number of pyridine rings is 1. The quantitative estimate of drug-likeness (QED) is 0.547. The second kappa shape index (κ2) is 8.88. The molecule has 2 aromatic heterocycles. The zero-order valence-electron chi connectivity index (χ0n) is 14.4. The van der Waals surface area contributed by atoms with Gasteiger partial charge >= 0.3 is 6.09 Å². The normalized spacial score (nSPS) is 10.6. The van der Waals surface area contributed by atoms with Crippen molar-refractivity contribution >= 4 is 29.2 Å². The topological polar surface area (TPSA) is 71.5 Å². The maximum absolute atomic E-state index is 14.3. The summed E-state index contributed by atoms with van der Waals surface area (Å²) >= 11 is 3.03. The predicted octanol–water partition coefficient (Wildman–Crippen LogP) is 4.92. The Balaban J connectivity index is 1.93. The number of benzene rings is 1. The molecule has 8 heteroatoms. The molecule has 3 aromatic rings. The number of carbonyl (C=O) groups is 1. The maximum Gasteiger partial charge on any atom is 0.404 e. The number of rotatable bonds is 7. The van der Waals surface area contributed by atoms with Gasteiger partial charge in [0.05, 0.1) is 11.3 Å². The van der Waals surface area contributed by atoms with Crippen molar-refractivity contribution in [3.05, 3.63) is 59.5 Å². The lowest BCUT2D eigenvalue weighted by Crippen LogP contribution is -2.22. The standard InChI is InChI=1S/C19H17FN2O3S2/c1-25-12-4-2-5-13(10-12)26-18-16(15-6-3-8-21-17(15)20)11-14(27-18)7-9-22-19(23)24/h2-6,8,10-11,22H,7,9H2,1H3,(H,23,24). The Hall–Kier alpha value is -2.58. The van der Waals surface area contributed by atoms with Gasteiger partial charge in [-0.3, -0.25) is 0 Å². The Bertz CT molecular complexity index is 946. The molecule has 27 heavy (non-hydrogen) atoms. The molecule has 2 N–H and O–H groups in total. The van der Waals surface area contributed by atoms with Crippen LogP contribution in [0, 0.1) is 5.95 Å². The number of methoxy groups -OCH3 is 1. The summed E-state index contributed by atoms with van der Waals surface area (Å²) in [4.78, 5) is 16.3. The molecule has 0 spiro atoms. The second-order valence-electron chi connectivity index (χ2n) is 5.52. The van der Waals surface area contributed by atoms with E-state index in [0.29, 0.717) is 18.5 Å². The van der Waals surface area contributed by atoms with E-state index in [1.807, 2.05) is 30.3 Å². The van der Waals surface area contributed by atoms with Crippen LogP contribution in [0.1, 0.15) is 4.88 Å². The van der Waals surface area contributed by atoms with Gasteiger partial charge in [0, 0.05) is 33.6 Å². The molecule has 0 unspecified atom stereocenters. The predicted molar refractivity (Wildman–Crippen MR) is 104 cm³/mol. The van der Waals surface area contributed by atoms with Gasteiger partial charge in [0.25, 0.3) is 0 Å². The van der Waals surface area contributed by atoms with Crippen LogP contribution in [0.5, 0.6) is 5.75 Å². The van der Waals surface area contributed by atoms with Crippen molar-refractivity contribution in [3.8, 4) is 16.9 Å². The first kappa shape index (κ1) is 19.2. The highest BCUT2D eigenvalue weighted by Gasteiger charge is 2.16. The molecule has 0 bridgehead atoms.